The van der Waals surface area contributed by atoms with Gasteiger partial charge < -0.3 is 10.8 Å². The van der Waals surface area contributed by atoms with Crippen molar-refractivity contribution < 1.29 is 14.3 Å². The molecule has 20 heavy (non-hydrogen) atoms. The second kappa shape index (κ2) is 5.37. The second-order valence-corrected chi connectivity index (χ2v) is 4.84. The molecule has 0 spiro atoms. The predicted octanol–water partition coefficient (Wildman–Crippen LogP) is 1.16. The van der Waals surface area contributed by atoms with Crippen molar-refractivity contribution in [2.45, 2.75) is 23.5 Å². The molecular weight excluding hydrogens is 287 g/mol. The Labute approximate surface area is 116 Å². The third-order valence-electron chi connectivity index (χ3n) is 2.57. The summed E-state index contributed by atoms with van der Waals surface area (Å²) in [4.78, 5) is 22.5. The average molecular weight is 298 g/mol. The van der Waals surface area contributed by atoms with Gasteiger partial charge in [-0.25, -0.2) is 19.1 Å². The molecule has 0 aliphatic heterocycles. The van der Waals surface area contributed by atoms with Crippen LogP contribution in [0.4, 0.5) is 10.1 Å². The Kier molecular flexibility index (Phi) is 3.79. The topological polar surface area (TPSA) is 114 Å². The largest absolute Gasteiger partial charge is 0.478 e. The van der Waals surface area contributed by atoms with E-state index in [9.17, 15) is 14.0 Å². The molecule has 1 heterocycles. The summed E-state index contributed by atoms with van der Waals surface area (Å²) in [6.45, 7) is 2.16. The van der Waals surface area contributed by atoms with E-state index in [1.165, 1.54) is 4.57 Å². The van der Waals surface area contributed by atoms with Crippen molar-refractivity contribution in [2.75, 3.05) is 5.73 Å². The molecule has 0 radical (unpaired) electrons. The molecule has 0 aliphatic rings. The summed E-state index contributed by atoms with van der Waals surface area (Å²) in [7, 11) is 0. The van der Waals surface area contributed by atoms with E-state index in [0.717, 1.165) is 23.9 Å². The van der Waals surface area contributed by atoms with Gasteiger partial charge in [-0.05, 0) is 30.8 Å². The predicted molar refractivity (Wildman–Crippen MR) is 70.4 cm³/mol. The van der Waals surface area contributed by atoms with E-state index in [4.69, 9.17) is 10.8 Å². The summed E-state index contributed by atoms with van der Waals surface area (Å²) < 4.78 is 15.0. The number of aromatic carboxylic acids is 1. The van der Waals surface area contributed by atoms with Gasteiger partial charge in [0.05, 0.1) is 5.56 Å². The lowest BCUT2D eigenvalue weighted by molar-refractivity contribution is 0.0692. The quantitative estimate of drug-likeness (QED) is 0.730. The molecule has 4 N–H and O–H groups in total. The van der Waals surface area contributed by atoms with Gasteiger partial charge in [-0.1, -0.05) is 0 Å². The number of H-pyrrole nitrogens is 1. The van der Waals surface area contributed by atoms with Crippen LogP contribution in [-0.4, -0.2) is 25.8 Å². The molecule has 0 unspecified atom stereocenters. The van der Waals surface area contributed by atoms with Gasteiger partial charge in [0, 0.05) is 17.1 Å². The molecular formula is C11H11FN4O3S. The van der Waals surface area contributed by atoms with Crippen LogP contribution in [-0.2, 0) is 6.54 Å². The summed E-state index contributed by atoms with van der Waals surface area (Å²) in [6, 6.07) is 2.06. The first-order valence-electron chi connectivity index (χ1n) is 5.59. The zero-order chi connectivity index (χ0) is 14.9. The van der Waals surface area contributed by atoms with E-state index in [1.807, 2.05) is 0 Å². The van der Waals surface area contributed by atoms with Gasteiger partial charge in [-0.2, -0.15) is 0 Å². The lowest BCUT2D eigenvalue weighted by Crippen LogP contribution is -2.16. The van der Waals surface area contributed by atoms with Crippen LogP contribution in [0.25, 0.3) is 0 Å². The number of anilines is 1. The Bertz CT molecular complexity index is 725. The fraction of sp³-hybridized carbons (Fsp3) is 0.182. The number of nitrogens with two attached hydrogens (primary N) is 1. The maximum Gasteiger partial charge on any atom is 0.343 e. The summed E-state index contributed by atoms with van der Waals surface area (Å²) >= 11 is 0.984. The Hall–Kier alpha value is -2.29. The Balaban J connectivity index is 2.42. The minimum Gasteiger partial charge on any atom is -0.478 e. The molecule has 106 valence electrons. The second-order valence-electron chi connectivity index (χ2n) is 3.83. The van der Waals surface area contributed by atoms with Crippen LogP contribution in [0.5, 0.6) is 0 Å². The maximum atomic E-state index is 13.6. The van der Waals surface area contributed by atoms with Crippen molar-refractivity contribution in [3.05, 3.63) is 34.0 Å². The highest BCUT2D eigenvalue weighted by molar-refractivity contribution is 7.99. The monoisotopic (exact) mass is 298 g/mol. The number of aromatic nitrogens is 3. The Morgan fingerprint density at radius 2 is 2.30 bits per heavy atom. The lowest BCUT2D eigenvalue weighted by Gasteiger charge is -2.07. The van der Waals surface area contributed by atoms with E-state index >= 15 is 0 Å². The first-order chi connectivity index (χ1) is 9.43. The van der Waals surface area contributed by atoms with Gasteiger partial charge in [0.2, 0.25) is 0 Å². The summed E-state index contributed by atoms with van der Waals surface area (Å²) in [5, 5.41) is 15.2. The molecule has 0 bridgehead atoms. The number of nitrogens with one attached hydrogen (secondary N) is 1. The average Bonchev–Trinajstić information content (AvgIpc) is 2.73. The van der Waals surface area contributed by atoms with Crippen molar-refractivity contribution >= 4 is 23.4 Å². The molecule has 2 aromatic rings. The molecule has 1 aromatic carbocycles. The van der Waals surface area contributed by atoms with Crippen LogP contribution >= 0.6 is 11.8 Å². The molecule has 7 nitrogen and oxygen atoms in total. The van der Waals surface area contributed by atoms with E-state index < -0.39 is 17.3 Å². The zero-order valence-electron chi connectivity index (χ0n) is 10.4. The molecule has 2 rings (SSSR count). The van der Waals surface area contributed by atoms with Crippen LogP contribution in [0, 0.1) is 5.82 Å². The number of carboxylic acids is 1. The summed E-state index contributed by atoms with van der Waals surface area (Å²) in [6.07, 6.45) is 0. The number of carbonyl (C=O) groups is 1. The number of nitrogen functional groups attached to an aromatic ring is 1. The number of benzene rings is 1. The number of aromatic amines is 1. The van der Waals surface area contributed by atoms with Gasteiger partial charge in [-0.3, -0.25) is 4.57 Å². The standard InChI is InChI=1S/C11H11FN4O3S/c1-2-16-10(19)14-15-11(16)20-8-4-6(12)5(9(17)18)3-7(8)13/h3-4H,2,13H2,1H3,(H,14,19)(H,17,18). The third-order valence-corrected chi connectivity index (χ3v) is 3.64. The molecule has 0 aliphatic carbocycles. The van der Waals surface area contributed by atoms with E-state index in [2.05, 4.69) is 10.2 Å². The van der Waals surface area contributed by atoms with Crippen molar-refractivity contribution in [3.8, 4) is 0 Å². The van der Waals surface area contributed by atoms with Crippen LogP contribution in [0.1, 0.15) is 17.3 Å². The van der Waals surface area contributed by atoms with Crippen molar-refractivity contribution in [2.24, 2.45) is 0 Å². The van der Waals surface area contributed by atoms with Gasteiger partial charge in [-0.15, -0.1) is 5.10 Å². The highest BCUT2D eigenvalue weighted by Gasteiger charge is 2.16. The molecule has 0 fully saturated rings. The SMILES string of the molecule is CCn1c(Sc2cc(F)c(C(=O)O)cc2N)n[nH]c1=O. The van der Waals surface area contributed by atoms with Crippen molar-refractivity contribution in [1.82, 2.24) is 14.8 Å². The van der Waals surface area contributed by atoms with Crippen molar-refractivity contribution in [1.29, 1.82) is 0 Å². The Morgan fingerprint density at radius 3 is 2.90 bits per heavy atom. The summed E-state index contributed by atoms with van der Waals surface area (Å²) in [5.41, 5.74) is 4.92. The number of hydrogen-bond acceptors (Lipinski definition) is 5. The van der Waals surface area contributed by atoms with Gasteiger partial charge in [0.25, 0.3) is 0 Å². The number of halogens is 1. The molecule has 1 aromatic heterocycles. The lowest BCUT2D eigenvalue weighted by atomic mass is 10.2. The third kappa shape index (κ3) is 2.52. The van der Waals surface area contributed by atoms with Gasteiger partial charge in [0.15, 0.2) is 5.16 Å². The minimum absolute atomic E-state index is 0.104. The zero-order valence-corrected chi connectivity index (χ0v) is 11.2. The van der Waals surface area contributed by atoms with E-state index in [1.54, 1.807) is 6.92 Å². The molecule has 0 saturated carbocycles. The number of hydrogen-bond donors (Lipinski definition) is 3. The normalized spacial score (nSPS) is 10.7. The molecule has 0 saturated heterocycles. The minimum atomic E-state index is -1.39. The Morgan fingerprint density at radius 1 is 1.60 bits per heavy atom. The van der Waals surface area contributed by atoms with Crippen molar-refractivity contribution in [3.63, 3.8) is 0 Å². The molecule has 0 atom stereocenters. The van der Waals surface area contributed by atoms with E-state index in [0.29, 0.717) is 16.6 Å². The highest BCUT2D eigenvalue weighted by Crippen LogP contribution is 2.32. The van der Waals surface area contributed by atoms with Gasteiger partial charge in [0.1, 0.15) is 5.82 Å². The first-order valence-corrected chi connectivity index (χ1v) is 6.41. The smallest absolute Gasteiger partial charge is 0.343 e. The van der Waals surface area contributed by atoms with Gasteiger partial charge >= 0.3 is 11.7 Å². The van der Waals surface area contributed by atoms with Crippen LogP contribution in [0.15, 0.2) is 27.0 Å². The number of nitrogens with zero attached hydrogens (tertiary/aromatic N) is 2. The maximum absolute atomic E-state index is 13.6. The van der Waals surface area contributed by atoms with Crippen LogP contribution in [0.3, 0.4) is 0 Å². The summed E-state index contributed by atoms with van der Waals surface area (Å²) in [5.74, 6) is -2.29. The molecule has 9 heteroatoms. The first kappa shape index (κ1) is 14.1. The molecule has 0 amide bonds. The highest BCUT2D eigenvalue weighted by atomic mass is 32.2. The van der Waals surface area contributed by atoms with Crippen LogP contribution in [0.2, 0.25) is 0 Å². The van der Waals surface area contributed by atoms with E-state index in [-0.39, 0.29) is 11.4 Å². The fourth-order valence-electron chi connectivity index (χ4n) is 1.58. The number of rotatable bonds is 4. The van der Waals surface area contributed by atoms with Crippen LogP contribution < -0.4 is 11.4 Å². The fourth-order valence-corrected chi connectivity index (χ4v) is 2.53. The number of carboxylic acid groups (broad SMARTS) is 1.